The van der Waals surface area contributed by atoms with Crippen molar-refractivity contribution in [3.05, 3.63) is 54.3 Å². The van der Waals surface area contributed by atoms with Crippen molar-refractivity contribution in [1.29, 1.82) is 0 Å². The number of anilines is 2. The highest BCUT2D eigenvalue weighted by atomic mass is 19.1. The van der Waals surface area contributed by atoms with Crippen molar-refractivity contribution in [1.82, 2.24) is 4.90 Å². The van der Waals surface area contributed by atoms with Crippen molar-refractivity contribution in [2.75, 3.05) is 43.5 Å². The van der Waals surface area contributed by atoms with Gasteiger partial charge in [-0.2, -0.15) is 0 Å². The third kappa shape index (κ3) is 4.75. The highest BCUT2D eigenvalue weighted by Gasteiger charge is 2.23. The van der Waals surface area contributed by atoms with E-state index in [-0.39, 0.29) is 24.1 Å². The number of halogens is 1. The summed E-state index contributed by atoms with van der Waals surface area (Å²) in [6.07, 6.45) is -0.214. The summed E-state index contributed by atoms with van der Waals surface area (Å²) in [5.74, 6) is -0.300. The average Bonchev–Trinajstić information content (AvgIpc) is 2.69. The van der Waals surface area contributed by atoms with E-state index in [0.717, 1.165) is 5.69 Å². The number of rotatable bonds is 5. The van der Waals surface area contributed by atoms with Crippen LogP contribution in [0.4, 0.5) is 15.8 Å². The first-order valence-corrected chi connectivity index (χ1v) is 8.78. The maximum absolute atomic E-state index is 13.0. The molecule has 2 aromatic carbocycles. The molecule has 1 N–H and O–H groups in total. The molecule has 1 saturated heterocycles. The van der Waals surface area contributed by atoms with Crippen LogP contribution in [0.2, 0.25) is 0 Å². The molecule has 1 heterocycles. The van der Waals surface area contributed by atoms with Gasteiger partial charge < -0.3 is 19.9 Å². The summed E-state index contributed by atoms with van der Waals surface area (Å²) in [4.78, 5) is 28.4. The number of benzene rings is 2. The highest BCUT2D eigenvalue weighted by Crippen LogP contribution is 2.23. The van der Waals surface area contributed by atoms with Crippen LogP contribution in [0.5, 0.6) is 5.75 Å². The molecule has 3 rings (SSSR count). The lowest BCUT2D eigenvalue weighted by molar-refractivity contribution is -0.134. The lowest BCUT2D eigenvalue weighted by atomic mass is 10.2. The fourth-order valence-corrected chi connectivity index (χ4v) is 3.06. The summed E-state index contributed by atoms with van der Waals surface area (Å²) < 4.78 is 18.2. The van der Waals surface area contributed by atoms with E-state index in [0.29, 0.717) is 37.6 Å². The van der Waals surface area contributed by atoms with Gasteiger partial charge in [-0.1, -0.05) is 12.1 Å². The first-order valence-electron chi connectivity index (χ1n) is 8.78. The lowest BCUT2D eigenvalue weighted by Gasteiger charge is -2.36. The van der Waals surface area contributed by atoms with Crippen molar-refractivity contribution in [3.8, 4) is 5.75 Å². The molecule has 2 amide bonds. The monoisotopic (exact) mass is 371 g/mol. The topological polar surface area (TPSA) is 61.9 Å². The van der Waals surface area contributed by atoms with Gasteiger partial charge in [0.15, 0.2) is 0 Å². The molecule has 1 fully saturated rings. The molecule has 0 bridgehead atoms. The number of nitrogens with zero attached hydrogens (tertiary/aromatic N) is 2. The number of nitrogens with one attached hydrogen (secondary N) is 1. The van der Waals surface area contributed by atoms with Gasteiger partial charge in [0.2, 0.25) is 11.8 Å². The van der Waals surface area contributed by atoms with Gasteiger partial charge in [-0.25, -0.2) is 4.39 Å². The van der Waals surface area contributed by atoms with Gasteiger partial charge in [0.25, 0.3) is 0 Å². The van der Waals surface area contributed by atoms with Gasteiger partial charge in [-0.3, -0.25) is 9.59 Å². The van der Waals surface area contributed by atoms with E-state index >= 15 is 0 Å². The molecule has 0 aliphatic carbocycles. The Morgan fingerprint density at radius 3 is 2.37 bits per heavy atom. The third-order valence-electron chi connectivity index (χ3n) is 4.52. The van der Waals surface area contributed by atoms with E-state index in [1.807, 2.05) is 0 Å². The molecule has 27 heavy (non-hydrogen) atoms. The molecule has 7 heteroatoms. The van der Waals surface area contributed by atoms with Gasteiger partial charge in [0.1, 0.15) is 18.0 Å². The van der Waals surface area contributed by atoms with Gasteiger partial charge in [0, 0.05) is 31.9 Å². The Bertz CT molecular complexity index is 802. The molecular formula is C20H22FN3O3. The molecule has 142 valence electrons. The Balaban J connectivity index is 1.50. The van der Waals surface area contributed by atoms with Crippen molar-refractivity contribution < 1.29 is 18.7 Å². The minimum atomic E-state index is -0.370. The minimum Gasteiger partial charge on any atom is -0.495 e. The second-order valence-corrected chi connectivity index (χ2v) is 6.27. The second-order valence-electron chi connectivity index (χ2n) is 6.27. The first-order chi connectivity index (χ1) is 13.1. The van der Waals surface area contributed by atoms with E-state index in [1.54, 1.807) is 41.3 Å². The summed E-state index contributed by atoms with van der Waals surface area (Å²) in [5.41, 5.74) is 1.47. The van der Waals surface area contributed by atoms with Crippen molar-refractivity contribution >= 4 is 23.2 Å². The van der Waals surface area contributed by atoms with Crippen LogP contribution in [0.3, 0.4) is 0 Å². The third-order valence-corrected chi connectivity index (χ3v) is 4.52. The molecule has 1 aliphatic heterocycles. The highest BCUT2D eigenvalue weighted by molar-refractivity contribution is 6.04. The van der Waals surface area contributed by atoms with Crippen LogP contribution in [0.15, 0.2) is 48.5 Å². The first kappa shape index (κ1) is 18.7. The number of para-hydroxylation sites is 2. The molecular weight excluding hydrogens is 349 g/mol. The predicted molar refractivity (Wildman–Crippen MR) is 101 cm³/mol. The molecule has 2 aromatic rings. The van der Waals surface area contributed by atoms with Crippen LogP contribution in [0, 0.1) is 5.82 Å². The van der Waals surface area contributed by atoms with Crippen molar-refractivity contribution in [2.24, 2.45) is 0 Å². The van der Waals surface area contributed by atoms with Crippen LogP contribution >= 0.6 is 0 Å². The van der Waals surface area contributed by atoms with Crippen molar-refractivity contribution in [3.63, 3.8) is 0 Å². The maximum atomic E-state index is 13.0. The summed E-state index contributed by atoms with van der Waals surface area (Å²) in [5, 5.41) is 2.71. The number of ether oxygens (including phenoxy) is 1. The zero-order valence-corrected chi connectivity index (χ0v) is 15.2. The lowest BCUT2D eigenvalue weighted by Crippen LogP contribution is -2.49. The van der Waals surface area contributed by atoms with E-state index in [9.17, 15) is 14.0 Å². The Morgan fingerprint density at radius 2 is 1.70 bits per heavy atom. The molecule has 0 saturated carbocycles. The number of carbonyl (C=O) groups is 2. The molecule has 0 radical (unpaired) electrons. The fraction of sp³-hybridized carbons (Fsp3) is 0.300. The molecule has 0 aromatic heterocycles. The van der Waals surface area contributed by atoms with Crippen LogP contribution in [0.1, 0.15) is 6.42 Å². The number of hydrogen-bond donors (Lipinski definition) is 1. The fourth-order valence-electron chi connectivity index (χ4n) is 3.06. The smallest absolute Gasteiger partial charge is 0.233 e. The summed E-state index contributed by atoms with van der Waals surface area (Å²) in [6.45, 7) is 2.34. The van der Waals surface area contributed by atoms with E-state index in [4.69, 9.17) is 4.74 Å². The maximum Gasteiger partial charge on any atom is 0.233 e. The molecule has 1 aliphatic rings. The van der Waals surface area contributed by atoms with Gasteiger partial charge in [0.05, 0.1) is 12.8 Å². The van der Waals surface area contributed by atoms with Crippen LogP contribution in [0.25, 0.3) is 0 Å². The molecule has 6 nitrogen and oxygen atoms in total. The van der Waals surface area contributed by atoms with Crippen LogP contribution in [-0.4, -0.2) is 50.0 Å². The Hall–Kier alpha value is -3.09. The van der Waals surface area contributed by atoms with E-state index in [1.165, 1.54) is 19.2 Å². The minimum absolute atomic E-state index is 0.207. The summed E-state index contributed by atoms with van der Waals surface area (Å²) in [6, 6.07) is 13.4. The summed E-state index contributed by atoms with van der Waals surface area (Å²) in [7, 11) is 1.52. The Morgan fingerprint density at radius 1 is 1.04 bits per heavy atom. The zero-order valence-electron chi connectivity index (χ0n) is 15.2. The number of carbonyl (C=O) groups excluding carboxylic acids is 2. The SMILES string of the molecule is COc1ccccc1NC(=O)CC(=O)N1CCN(c2ccc(F)cc2)CC1. The normalized spacial score (nSPS) is 14.0. The van der Waals surface area contributed by atoms with Gasteiger partial charge >= 0.3 is 0 Å². The predicted octanol–water partition coefficient (Wildman–Crippen LogP) is 2.51. The second kappa shape index (κ2) is 8.53. The standard InChI is InChI=1S/C20H22FN3O3/c1-27-18-5-3-2-4-17(18)22-19(25)14-20(26)24-12-10-23(11-13-24)16-8-6-15(21)7-9-16/h2-9H,10-14H2,1H3,(H,22,25). The largest absolute Gasteiger partial charge is 0.495 e. The van der Waals surface area contributed by atoms with Gasteiger partial charge in [-0.15, -0.1) is 0 Å². The summed E-state index contributed by atoms with van der Waals surface area (Å²) >= 11 is 0. The van der Waals surface area contributed by atoms with E-state index < -0.39 is 0 Å². The quantitative estimate of drug-likeness (QED) is 0.821. The number of hydrogen-bond acceptors (Lipinski definition) is 4. The van der Waals surface area contributed by atoms with Gasteiger partial charge in [-0.05, 0) is 36.4 Å². The number of methoxy groups -OCH3 is 1. The van der Waals surface area contributed by atoms with Crippen LogP contribution in [-0.2, 0) is 9.59 Å². The molecule has 0 unspecified atom stereocenters. The van der Waals surface area contributed by atoms with E-state index in [2.05, 4.69) is 10.2 Å². The van der Waals surface area contributed by atoms with Crippen molar-refractivity contribution in [2.45, 2.75) is 6.42 Å². The Labute approximate surface area is 157 Å². The Kier molecular flexibility index (Phi) is 5.90. The zero-order chi connectivity index (χ0) is 19.2. The molecule has 0 atom stereocenters. The number of amides is 2. The average molecular weight is 371 g/mol. The number of piperazine rings is 1. The van der Waals surface area contributed by atoms with Crippen LogP contribution < -0.4 is 15.0 Å². The molecule has 0 spiro atoms.